The highest BCUT2D eigenvalue weighted by atomic mass is 35.5. The van der Waals surface area contributed by atoms with Crippen molar-refractivity contribution in [2.45, 2.75) is 12.5 Å². The SMILES string of the molecule is COC(=O)c1ccc([C@H]2/C(=C(\O)c3ccc(Cl)cc3)C(=O)C(=O)N2CCCN2CCOCC2)cc1. The van der Waals surface area contributed by atoms with Crippen molar-refractivity contribution >= 4 is 35.0 Å². The van der Waals surface area contributed by atoms with Gasteiger partial charge < -0.3 is 19.5 Å². The Bertz CT molecular complexity index is 1120. The zero-order valence-electron chi connectivity index (χ0n) is 19.4. The van der Waals surface area contributed by atoms with E-state index in [2.05, 4.69) is 4.90 Å². The number of methoxy groups -OCH3 is 1. The zero-order valence-corrected chi connectivity index (χ0v) is 20.2. The minimum atomic E-state index is -0.790. The highest BCUT2D eigenvalue weighted by molar-refractivity contribution is 6.46. The minimum absolute atomic E-state index is 0.00881. The van der Waals surface area contributed by atoms with Gasteiger partial charge in [-0.05, 0) is 48.4 Å². The normalized spacial score (nSPS) is 20.3. The van der Waals surface area contributed by atoms with Gasteiger partial charge in [-0.3, -0.25) is 14.5 Å². The number of morpholine rings is 1. The van der Waals surface area contributed by atoms with Crippen molar-refractivity contribution in [2.24, 2.45) is 0 Å². The van der Waals surface area contributed by atoms with E-state index >= 15 is 0 Å². The van der Waals surface area contributed by atoms with E-state index in [9.17, 15) is 19.5 Å². The molecule has 0 spiro atoms. The van der Waals surface area contributed by atoms with Gasteiger partial charge in [0.25, 0.3) is 11.7 Å². The molecule has 0 unspecified atom stereocenters. The number of hydrogen-bond acceptors (Lipinski definition) is 7. The largest absolute Gasteiger partial charge is 0.507 e. The average molecular weight is 499 g/mol. The Morgan fingerprint density at radius 3 is 2.29 bits per heavy atom. The summed E-state index contributed by atoms with van der Waals surface area (Å²) in [6.07, 6.45) is 0.657. The molecule has 2 aromatic carbocycles. The van der Waals surface area contributed by atoms with E-state index in [-0.39, 0.29) is 11.3 Å². The van der Waals surface area contributed by atoms with Gasteiger partial charge >= 0.3 is 5.97 Å². The predicted molar refractivity (Wildman–Crippen MR) is 130 cm³/mol. The molecule has 2 saturated heterocycles. The summed E-state index contributed by atoms with van der Waals surface area (Å²) in [5, 5.41) is 11.6. The number of carbonyl (C=O) groups excluding carboxylic acids is 3. The molecule has 0 aromatic heterocycles. The highest BCUT2D eigenvalue weighted by Crippen LogP contribution is 2.39. The smallest absolute Gasteiger partial charge is 0.337 e. The quantitative estimate of drug-likeness (QED) is 0.271. The van der Waals surface area contributed by atoms with E-state index in [0.717, 1.165) is 19.6 Å². The lowest BCUT2D eigenvalue weighted by Gasteiger charge is -2.29. The maximum Gasteiger partial charge on any atom is 0.337 e. The summed E-state index contributed by atoms with van der Waals surface area (Å²) in [5.41, 5.74) is 1.35. The van der Waals surface area contributed by atoms with Crippen LogP contribution in [0, 0.1) is 0 Å². The summed E-state index contributed by atoms with van der Waals surface area (Å²) in [5.74, 6) is -2.16. The van der Waals surface area contributed by atoms with Crippen molar-refractivity contribution in [3.63, 3.8) is 0 Å². The molecule has 4 rings (SSSR count). The van der Waals surface area contributed by atoms with Crippen LogP contribution in [0.5, 0.6) is 0 Å². The molecular weight excluding hydrogens is 472 g/mol. The number of rotatable bonds is 7. The Labute approximate surface area is 208 Å². The second-order valence-electron chi connectivity index (χ2n) is 8.42. The lowest BCUT2D eigenvalue weighted by Crippen LogP contribution is -2.39. The molecule has 2 aliphatic heterocycles. The van der Waals surface area contributed by atoms with Gasteiger partial charge in [-0.2, -0.15) is 0 Å². The topological polar surface area (TPSA) is 96.4 Å². The third kappa shape index (κ3) is 5.40. The standard InChI is InChI=1S/C26H27ClN2O6/c1-34-26(33)19-5-3-17(4-6-19)22-21(23(30)18-7-9-20(27)10-8-18)24(31)25(32)29(22)12-2-11-28-13-15-35-16-14-28/h3-10,22,30H,2,11-16H2,1H3/b23-21+/t22-/m0/s1. The summed E-state index contributed by atoms with van der Waals surface area (Å²) < 4.78 is 10.1. The van der Waals surface area contributed by atoms with Crippen LogP contribution in [-0.4, -0.2) is 79.1 Å². The molecule has 1 atom stereocenters. The van der Waals surface area contributed by atoms with Crippen LogP contribution in [0.2, 0.25) is 5.02 Å². The second-order valence-corrected chi connectivity index (χ2v) is 8.86. The molecular formula is C26H27ClN2O6. The number of ketones is 1. The summed E-state index contributed by atoms with van der Waals surface area (Å²) in [6, 6.07) is 12.1. The van der Waals surface area contributed by atoms with Crippen molar-refractivity contribution in [1.82, 2.24) is 9.80 Å². The molecule has 184 valence electrons. The van der Waals surface area contributed by atoms with Crippen LogP contribution < -0.4 is 0 Å². The Morgan fingerprint density at radius 2 is 1.66 bits per heavy atom. The van der Waals surface area contributed by atoms with Crippen LogP contribution in [0.4, 0.5) is 0 Å². The number of likely N-dealkylation sites (tertiary alicyclic amines) is 1. The first-order valence-electron chi connectivity index (χ1n) is 11.4. The van der Waals surface area contributed by atoms with Crippen molar-refractivity contribution < 1.29 is 29.0 Å². The highest BCUT2D eigenvalue weighted by Gasteiger charge is 2.45. The van der Waals surface area contributed by atoms with Crippen LogP contribution in [0.3, 0.4) is 0 Å². The first-order chi connectivity index (χ1) is 16.9. The maximum atomic E-state index is 13.1. The monoisotopic (exact) mass is 498 g/mol. The van der Waals surface area contributed by atoms with Crippen molar-refractivity contribution in [3.8, 4) is 0 Å². The second kappa shape index (κ2) is 11.0. The average Bonchev–Trinajstić information content (AvgIpc) is 3.14. The summed E-state index contributed by atoms with van der Waals surface area (Å²) in [6.45, 7) is 4.11. The molecule has 9 heteroatoms. The van der Waals surface area contributed by atoms with Gasteiger partial charge in [-0.25, -0.2) is 4.79 Å². The fourth-order valence-corrected chi connectivity index (χ4v) is 4.56. The third-order valence-electron chi connectivity index (χ3n) is 6.28. The molecule has 1 N–H and O–H groups in total. The molecule has 0 saturated carbocycles. The Morgan fingerprint density at radius 1 is 1.03 bits per heavy atom. The van der Waals surface area contributed by atoms with Gasteiger partial charge in [0.2, 0.25) is 0 Å². The zero-order chi connectivity index (χ0) is 24.9. The lowest BCUT2D eigenvalue weighted by atomic mass is 9.94. The number of ether oxygens (including phenoxy) is 2. The van der Waals surface area contributed by atoms with Gasteiger partial charge in [0.05, 0.1) is 37.5 Å². The number of benzene rings is 2. The number of Topliss-reactive ketones (excluding diaryl/α,β-unsaturated/α-hetero) is 1. The van der Waals surface area contributed by atoms with Gasteiger partial charge in [0.15, 0.2) is 0 Å². The Hall–Kier alpha value is -3.20. The van der Waals surface area contributed by atoms with Crippen LogP contribution in [0.1, 0.15) is 33.9 Å². The molecule has 2 aromatic rings. The molecule has 2 heterocycles. The van der Waals surface area contributed by atoms with Gasteiger partial charge in [0.1, 0.15) is 5.76 Å². The van der Waals surface area contributed by atoms with Crippen molar-refractivity contribution in [2.75, 3.05) is 46.5 Å². The predicted octanol–water partition coefficient (Wildman–Crippen LogP) is 3.27. The van der Waals surface area contributed by atoms with Crippen molar-refractivity contribution in [1.29, 1.82) is 0 Å². The molecule has 2 aliphatic rings. The lowest BCUT2D eigenvalue weighted by molar-refractivity contribution is -0.140. The number of carbonyl (C=O) groups is 3. The number of aliphatic hydroxyl groups is 1. The number of esters is 1. The van der Waals surface area contributed by atoms with Crippen LogP contribution in [0.15, 0.2) is 54.1 Å². The van der Waals surface area contributed by atoms with Crippen molar-refractivity contribution in [3.05, 3.63) is 75.8 Å². The number of amides is 1. The summed E-state index contributed by atoms with van der Waals surface area (Å²) in [7, 11) is 1.30. The van der Waals surface area contributed by atoms with E-state index in [0.29, 0.717) is 47.9 Å². The fourth-order valence-electron chi connectivity index (χ4n) is 4.43. The number of halogens is 1. The van der Waals surface area contributed by atoms with Gasteiger partial charge in [-0.1, -0.05) is 23.7 Å². The van der Waals surface area contributed by atoms with Gasteiger partial charge in [-0.15, -0.1) is 0 Å². The summed E-state index contributed by atoms with van der Waals surface area (Å²) >= 11 is 5.97. The fraction of sp³-hybridized carbons (Fsp3) is 0.346. The van der Waals surface area contributed by atoms with Crippen LogP contribution in [0.25, 0.3) is 5.76 Å². The molecule has 35 heavy (non-hydrogen) atoms. The third-order valence-corrected chi connectivity index (χ3v) is 6.53. The number of hydrogen-bond donors (Lipinski definition) is 1. The maximum absolute atomic E-state index is 13.1. The summed E-state index contributed by atoms with van der Waals surface area (Å²) in [4.78, 5) is 41.9. The van der Waals surface area contributed by atoms with E-state index in [1.54, 1.807) is 48.5 Å². The molecule has 0 aliphatic carbocycles. The van der Waals surface area contributed by atoms with E-state index in [1.807, 2.05) is 0 Å². The van der Waals surface area contributed by atoms with Crippen LogP contribution >= 0.6 is 11.6 Å². The van der Waals surface area contributed by atoms with E-state index in [4.69, 9.17) is 21.1 Å². The van der Waals surface area contributed by atoms with E-state index in [1.165, 1.54) is 12.0 Å². The first kappa shape index (κ1) is 24.9. The molecule has 2 fully saturated rings. The van der Waals surface area contributed by atoms with E-state index < -0.39 is 23.7 Å². The minimum Gasteiger partial charge on any atom is -0.507 e. The first-order valence-corrected chi connectivity index (χ1v) is 11.8. The van der Waals surface area contributed by atoms with Gasteiger partial charge in [0, 0.05) is 36.8 Å². The van der Waals surface area contributed by atoms with Crippen LogP contribution in [-0.2, 0) is 19.1 Å². The number of aliphatic hydroxyl groups excluding tert-OH is 1. The molecule has 0 bridgehead atoms. The Balaban J connectivity index is 1.68. The number of nitrogens with zero attached hydrogens (tertiary/aromatic N) is 2. The molecule has 1 amide bonds. The Kier molecular flexibility index (Phi) is 7.85. The molecule has 0 radical (unpaired) electrons. The molecule has 8 nitrogen and oxygen atoms in total.